The van der Waals surface area contributed by atoms with E-state index in [1.807, 2.05) is 13.0 Å². The van der Waals surface area contributed by atoms with Gasteiger partial charge in [0.15, 0.2) is 5.82 Å². The summed E-state index contributed by atoms with van der Waals surface area (Å²) in [4.78, 5) is 23.7. The summed E-state index contributed by atoms with van der Waals surface area (Å²) >= 11 is 0. The van der Waals surface area contributed by atoms with Crippen LogP contribution in [0.4, 0.5) is 0 Å². The van der Waals surface area contributed by atoms with Crippen LogP contribution in [-0.4, -0.2) is 32.6 Å². The summed E-state index contributed by atoms with van der Waals surface area (Å²) in [6.45, 7) is 4.33. The number of hydrogen-bond acceptors (Lipinski definition) is 6. The van der Waals surface area contributed by atoms with Crippen molar-refractivity contribution in [3.05, 3.63) is 35.9 Å². The Morgan fingerprint density at radius 2 is 1.85 bits per heavy atom. The number of carbonyl (C=O) groups is 1. The standard InChI is InChI=1S/C20H27N3O3/c1-3-4-5-6-7-8-18(24)26-12-11-16-9-10-17(19(25)15(16)2)20-22-13-21-14-23-20/h9-10,13-14,25H,3-8,11-12H2,1-2H3. The van der Waals surface area contributed by atoms with Crippen LogP contribution in [0.2, 0.25) is 0 Å². The van der Waals surface area contributed by atoms with Gasteiger partial charge in [0.25, 0.3) is 0 Å². The van der Waals surface area contributed by atoms with Gasteiger partial charge in [-0.1, -0.05) is 38.7 Å². The van der Waals surface area contributed by atoms with Crippen molar-refractivity contribution in [2.45, 2.75) is 58.8 Å². The Balaban J connectivity index is 1.83. The number of aromatic nitrogens is 3. The molecule has 0 spiro atoms. The number of ether oxygens (including phenoxy) is 1. The number of esters is 1. The first-order valence-corrected chi connectivity index (χ1v) is 9.23. The highest BCUT2D eigenvalue weighted by molar-refractivity contribution is 5.69. The first-order chi connectivity index (χ1) is 12.6. The van der Waals surface area contributed by atoms with Crippen molar-refractivity contribution in [2.75, 3.05) is 6.61 Å². The summed E-state index contributed by atoms with van der Waals surface area (Å²) in [5, 5.41) is 10.4. The second-order valence-electron chi connectivity index (χ2n) is 6.34. The average molecular weight is 357 g/mol. The molecule has 1 N–H and O–H groups in total. The lowest BCUT2D eigenvalue weighted by atomic mass is 10.0. The normalized spacial score (nSPS) is 10.7. The molecule has 6 nitrogen and oxygen atoms in total. The molecule has 6 heteroatoms. The van der Waals surface area contributed by atoms with Gasteiger partial charge in [-0.25, -0.2) is 15.0 Å². The highest BCUT2D eigenvalue weighted by atomic mass is 16.5. The van der Waals surface area contributed by atoms with Crippen LogP contribution in [0.1, 0.15) is 56.6 Å². The van der Waals surface area contributed by atoms with Crippen molar-refractivity contribution in [1.29, 1.82) is 0 Å². The molecule has 0 unspecified atom stereocenters. The van der Waals surface area contributed by atoms with Crippen molar-refractivity contribution < 1.29 is 14.6 Å². The fraction of sp³-hybridized carbons (Fsp3) is 0.500. The minimum Gasteiger partial charge on any atom is -0.507 e. The van der Waals surface area contributed by atoms with Crippen LogP contribution in [0.25, 0.3) is 11.4 Å². The number of carbonyl (C=O) groups excluding carboxylic acids is 1. The Kier molecular flexibility index (Phi) is 7.99. The first-order valence-electron chi connectivity index (χ1n) is 9.23. The van der Waals surface area contributed by atoms with Crippen LogP contribution < -0.4 is 0 Å². The lowest BCUT2D eigenvalue weighted by molar-refractivity contribution is -0.143. The van der Waals surface area contributed by atoms with E-state index in [2.05, 4.69) is 21.9 Å². The Labute approximate surface area is 154 Å². The first kappa shape index (κ1) is 19.8. The van der Waals surface area contributed by atoms with Crippen LogP contribution in [0.3, 0.4) is 0 Å². The monoisotopic (exact) mass is 357 g/mol. The van der Waals surface area contributed by atoms with Gasteiger partial charge in [0.05, 0.1) is 12.2 Å². The molecule has 0 radical (unpaired) electrons. The van der Waals surface area contributed by atoms with E-state index in [0.29, 0.717) is 30.8 Å². The summed E-state index contributed by atoms with van der Waals surface area (Å²) in [5.74, 6) is 0.433. The van der Waals surface area contributed by atoms with Crippen LogP contribution in [0.15, 0.2) is 24.8 Å². The molecule has 1 aromatic heterocycles. The van der Waals surface area contributed by atoms with E-state index in [0.717, 1.165) is 24.0 Å². The molecule has 0 bridgehead atoms. The summed E-state index contributed by atoms with van der Waals surface area (Å²) in [7, 11) is 0. The van der Waals surface area contributed by atoms with E-state index in [1.165, 1.54) is 31.9 Å². The molecule has 2 rings (SSSR count). The lowest BCUT2D eigenvalue weighted by Crippen LogP contribution is -2.08. The highest BCUT2D eigenvalue weighted by Crippen LogP contribution is 2.31. The van der Waals surface area contributed by atoms with E-state index < -0.39 is 0 Å². The molecule has 0 amide bonds. The van der Waals surface area contributed by atoms with Gasteiger partial charge >= 0.3 is 5.97 Å². The maximum absolute atomic E-state index is 11.8. The fourth-order valence-electron chi connectivity index (χ4n) is 2.79. The molecule has 26 heavy (non-hydrogen) atoms. The van der Waals surface area contributed by atoms with E-state index >= 15 is 0 Å². The Morgan fingerprint density at radius 3 is 2.58 bits per heavy atom. The number of aromatic hydroxyl groups is 1. The summed E-state index contributed by atoms with van der Waals surface area (Å²) in [5.41, 5.74) is 2.26. The molecule has 0 aliphatic rings. The fourth-order valence-corrected chi connectivity index (χ4v) is 2.79. The van der Waals surface area contributed by atoms with Gasteiger partial charge in [-0.15, -0.1) is 0 Å². The predicted octanol–water partition coefficient (Wildman–Crippen LogP) is 4.00. The van der Waals surface area contributed by atoms with Crippen LogP contribution in [-0.2, 0) is 16.0 Å². The smallest absolute Gasteiger partial charge is 0.305 e. The Bertz CT molecular complexity index is 705. The zero-order chi connectivity index (χ0) is 18.8. The third kappa shape index (κ3) is 5.79. The Hall–Kier alpha value is -2.50. The summed E-state index contributed by atoms with van der Waals surface area (Å²) in [6.07, 6.45) is 9.40. The largest absolute Gasteiger partial charge is 0.507 e. The number of phenols is 1. The van der Waals surface area contributed by atoms with Gasteiger partial charge in [0, 0.05) is 12.8 Å². The third-order valence-corrected chi connectivity index (χ3v) is 4.40. The van der Waals surface area contributed by atoms with E-state index in [-0.39, 0.29) is 11.7 Å². The Morgan fingerprint density at radius 1 is 1.12 bits per heavy atom. The zero-order valence-corrected chi connectivity index (χ0v) is 15.6. The van der Waals surface area contributed by atoms with E-state index in [9.17, 15) is 9.90 Å². The summed E-state index contributed by atoms with van der Waals surface area (Å²) in [6, 6.07) is 3.69. The molecule has 0 saturated carbocycles. The number of nitrogens with zero attached hydrogens (tertiary/aromatic N) is 3. The SMILES string of the molecule is CCCCCCCC(=O)OCCc1ccc(-c2ncncn2)c(O)c1C. The average Bonchev–Trinajstić information content (AvgIpc) is 2.66. The van der Waals surface area contributed by atoms with Gasteiger partial charge in [-0.3, -0.25) is 4.79 Å². The molecular formula is C20H27N3O3. The highest BCUT2D eigenvalue weighted by Gasteiger charge is 2.13. The lowest BCUT2D eigenvalue weighted by Gasteiger charge is -2.11. The van der Waals surface area contributed by atoms with Crippen molar-refractivity contribution in [3.63, 3.8) is 0 Å². The van der Waals surface area contributed by atoms with Crippen LogP contribution in [0.5, 0.6) is 5.75 Å². The third-order valence-electron chi connectivity index (χ3n) is 4.40. The van der Waals surface area contributed by atoms with Crippen molar-refractivity contribution >= 4 is 5.97 Å². The molecule has 0 atom stereocenters. The number of benzene rings is 1. The van der Waals surface area contributed by atoms with Crippen LogP contribution >= 0.6 is 0 Å². The second-order valence-corrected chi connectivity index (χ2v) is 6.34. The second kappa shape index (κ2) is 10.5. The number of phenolic OH excluding ortho intramolecular Hbond substituents is 1. The number of rotatable bonds is 10. The van der Waals surface area contributed by atoms with Crippen molar-refractivity contribution in [1.82, 2.24) is 15.0 Å². The van der Waals surface area contributed by atoms with Crippen molar-refractivity contribution in [2.24, 2.45) is 0 Å². The molecule has 0 fully saturated rings. The number of unbranched alkanes of at least 4 members (excludes halogenated alkanes) is 4. The summed E-state index contributed by atoms with van der Waals surface area (Å²) < 4.78 is 5.31. The maximum atomic E-state index is 11.8. The van der Waals surface area contributed by atoms with Gasteiger partial charge in [-0.05, 0) is 30.5 Å². The molecule has 140 valence electrons. The molecule has 0 aliphatic heterocycles. The molecule has 0 saturated heterocycles. The number of hydrogen-bond donors (Lipinski definition) is 1. The molecule has 2 aromatic rings. The van der Waals surface area contributed by atoms with E-state index in [1.54, 1.807) is 6.07 Å². The molecular weight excluding hydrogens is 330 g/mol. The molecule has 1 aromatic carbocycles. The van der Waals surface area contributed by atoms with Gasteiger partial charge in [0.2, 0.25) is 0 Å². The van der Waals surface area contributed by atoms with Crippen molar-refractivity contribution in [3.8, 4) is 17.1 Å². The van der Waals surface area contributed by atoms with Gasteiger partial charge < -0.3 is 9.84 Å². The quantitative estimate of drug-likeness (QED) is 0.511. The van der Waals surface area contributed by atoms with Gasteiger partial charge in [0.1, 0.15) is 18.4 Å². The minimum absolute atomic E-state index is 0.148. The molecule has 1 heterocycles. The van der Waals surface area contributed by atoms with Gasteiger partial charge in [-0.2, -0.15) is 0 Å². The predicted molar refractivity (Wildman–Crippen MR) is 99.7 cm³/mol. The topological polar surface area (TPSA) is 85.2 Å². The zero-order valence-electron chi connectivity index (χ0n) is 15.6. The molecule has 0 aliphatic carbocycles. The van der Waals surface area contributed by atoms with Crippen LogP contribution in [0, 0.1) is 6.92 Å². The maximum Gasteiger partial charge on any atom is 0.305 e. The van der Waals surface area contributed by atoms with E-state index in [4.69, 9.17) is 4.74 Å². The minimum atomic E-state index is -0.148.